The van der Waals surface area contributed by atoms with Gasteiger partial charge in [-0.15, -0.1) is 0 Å². The number of amides is 2. The Kier molecular flexibility index (Phi) is 10.3. The van der Waals surface area contributed by atoms with Gasteiger partial charge in [0.2, 0.25) is 11.8 Å². The lowest BCUT2D eigenvalue weighted by Crippen LogP contribution is -2.24. The van der Waals surface area contributed by atoms with Gasteiger partial charge in [0.05, 0.1) is 16.4 Å². The van der Waals surface area contributed by atoms with Gasteiger partial charge in [-0.25, -0.2) is 9.82 Å². The molecule has 0 aliphatic heterocycles. The topological polar surface area (TPSA) is 89.0 Å². The van der Waals surface area contributed by atoms with Crippen molar-refractivity contribution < 1.29 is 23.5 Å². The molecule has 11 heteroatoms. The summed E-state index contributed by atoms with van der Waals surface area (Å²) in [5, 5.41) is 7.46. The number of hydrogen-bond donors (Lipinski definition) is 2. The van der Waals surface area contributed by atoms with Crippen molar-refractivity contribution in [1.82, 2.24) is 5.43 Å². The van der Waals surface area contributed by atoms with Gasteiger partial charge in [-0.2, -0.15) is 5.10 Å². The van der Waals surface area contributed by atoms with Gasteiger partial charge in [-0.1, -0.05) is 29.3 Å². The van der Waals surface area contributed by atoms with Gasteiger partial charge >= 0.3 is 0 Å². The minimum atomic E-state index is -0.606. The number of hydrogen-bond acceptors (Lipinski definition) is 5. The van der Waals surface area contributed by atoms with Crippen LogP contribution in [-0.2, 0) is 16.2 Å². The fraction of sp³-hybridized carbons (Fsp3) is 0.160. The monoisotopic (exact) mass is 643 g/mol. The number of nitrogens with one attached hydrogen (secondary N) is 2. The zero-order valence-electron chi connectivity index (χ0n) is 19.0. The van der Waals surface area contributed by atoms with Crippen LogP contribution in [-0.4, -0.2) is 24.6 Å². The predicted octanol–water partition coefficient (Wildman–Crippen LogP) is 6.19. The third-order valence-electron chi connectivity index (χ3n) is 4.57. The van der Waals surface area contributed by atoms with Crippen LogP contribution < -0.4 is 20.2 Å². The van der Waals surface area contributed by atoms with E-state index in [2.05, 4.69) is 38.4 Å². The summed E-state index contributed by atoms with van der Waals surface area (Å²) in [4.78, 5) is 24.0. The van der Waals surface area contributed by atoms with Crippen molar-refractivity contribution >= 4 is 69.5 Å². The Labute approximate surface area is 231 Å². The number of hydrazone groups is 1. The Morgan fingerprint density at radius 1 is 1.06 bits per heavy atom. The molecule has 0 bridgehead atoms. The van der Waals surface area contributed by atoms with Gasteiger partial charge in [-0.05, 0) is 83.6 Å². The Balaban J connectivity index is 1.60. The second kappa shape index (κ2) is 13.4. The second-order valence-corrected chi connectivity index (χ2v) is 9.32. The van der Waals surface area contributed by atoms with Crippen molar-refractivity contribution in [3.8, 4) is 11.5 Å². The average Bonchev–Trinajstić information content (AvgIpc) is 2.81. The molecular weight excluding hydrogens is 623 g/mol. The maximum atomic E-state index is 12.9. The first-order valence-electron chi connectivity index (χ1n) is 10.7. The molecule has 7 nitrogen and oxygen atoms in total. The zero-order valence-corrected chi connectivity index (χ0v) is 22.7. The first kappa shape index (κ1) is 27.7. The molecule has 0 spiro atoms. The zero-order chi connectivity index (χ0) is 26.1. The fourth-order valence-corrected chi connectivity index (χ4v) is 4.20. The normalized spacial score (nSPS) is 10.8. The second-order valence-electron chi connectivity index (χ2n) is 7.31. The summed E-state index contributed by atoms with van der Waals surface area (Å²) in [5.74, 6) is -0.536. The van der Waals surface area contributed by atoms with E-state index in [1.807, 2.05) is 6.92 Å². The largest absolute Gasteiger partial charge is 0.490 e. The van der Waals surface area contributed by atoms with Crippen molar-refractivity contribution in [2.45, 2.75) is 20.0 Å². The summed E-state index contributed by atoms with van der Waals surface area (Å²) in [7, 11) is 0. The lowest BCUT2D eigenvalue weighted by atomic mass is 10.2. The van der Waals surface area contributed by atoms with E-state index in [1.165, 1.54) is 30.5 Å². The molecular formula is C25H21Cl2FIN3O4. The van der Waals surface area contributed by atoms with E-state index in [-0.39, 0.29) is 6.61 Å². The maximum Gasteiger partial charge on any atom is 0.249 e. The van der Waals surface area contributed by atoms with Gasteiger partial charge in [0.1, 0.15) is 18.8 Å². The first-order valence-corrected chi connectivity index (χ1v) is 12.5. The summed E-state index contributed by atoms with van der Waals surface area (Å²) in [6.07, 6.45) is 0.983. The van der Waals surface area contributed by atoms with Crippen LogP contribution in [0.2, 0.25) is 10.0 Å². The predicted molar refractivity (Wildman–Crippen MR) is 147 cm³/mol. The molecule has 2 N–H and O–H groups in total. The van der Waals surface area contributed by atoms with Crippen molar-refractivity contribution in [2.75, 3.05) is 11.9 Å². The van der Waals surface area contributed by atoms with Crippen molar-refractivity contribution in [3.05, 3.63) is 85.2 Å². The number of rotatable bonds is 10. The van der Waals surface area contributed by atoms with Crippen LogP contribution in [0.3, 0.4) is 0 Å². The van der Waals surface area contributed by atoms with Gasteiger partial charge in [-0.3, -0.25) is 9.59 Å². The highest BCUT2D eigenvalue weighted by atomic mass is 127. The molecule has 0 aliphatic carbocycles. The highest BCUT2D eigenvalue weighted by Crippen LogP contribution is 2.35. The number of anilines is 1. The number of halogens is 4. The Bertz CT molecular complexity index is 1270. The highest BCUT2D eigenvalue weighted by Gasteiger charge is 2.14. The van der Waals surface area contributed by atoms with Crippen molar-refractivity contribution in [2.24, 2.45) is 5.10 Å². The van der Waals surface area contributed by atoms with E-state index in [1.54, 1.807) is 30.3 Å². The van der Waals surface area contributed by atoms with Crippen LogP contribution in [0.5, 0.6) is 11.5 Å². The molecule has 0 atom stereocenters. The van der Waals surface area contributed by atoms with Gasteiger partial charge in [0, 0.05) is 21.3 Å². The van der Waals surface area contributed by atoms with E-state index in [0.29, 0.717) is 39.4 Å². The van der Waals surface area contributed by atoms with Crippen molar-refractivity contribution in [3.63, 3.8) is 0 Å². The van der Waals surface area contributed by atoms with Crippen LogP contribution in [0.4, 0.5) is 10.1 Å². The number of carbonyl (C=O) groups excluding carboxylic acids is 2. The average molecular weight is 644 g/mol. The Hall–Kier alpha value is -2.89. The minimum Gasteiger partial charge on any atom is -0.490 e. The SMILES string of the molecule is CCOc1cc(C=NNC(=O)CC(=O)Nc2ccc(F)cc2)cc(I)c1OCc1ccc(Cl)cc1Cl. The number of nitrogens with zero attached hydrogens (tertiary/aromatic N) is 1. The summed E-state index contributed by atoms with van der Waals surface area (Å²) >= 11 is 14.3. The van der Waals surface area contributed by atoms with E-state index < -0.39 is 24.1 Å². The highest BCUT2D eigenvalue weighted by molar-refractivity contribution is 14.1. The molecule has 0 fully saturated rings. The molecule has 3 aromatic carbocycles. The molecule has 0 saturated carbocycles. The Morgan fingerprint density at radius 2 is 1.81 bits per heavy atom. The molecule has 3 aromatic rings. The van der Waals surface area contributed by atoms with E-state index in [9.17, 15) is 14.0 Å². The lowest BCUT2D eigenvalue weighted by Gasteiger charge is -2.15. The van der Waals surface area contributed by atoms with Crippen LogP contribution >= 0.6 is 45.8 Å². The van der Waals surface area contributed by atoms with Crippen LogP contribution in [0.1, 0.15) is 24.5 Å². The first-order chi connectivity index (χ1) is 17.2. The van der Waals surface area contributed by atoms with Crippen LogP contribution in [0.15, 0.2) is 59.7 Å². The smallest absolute Gasteiger partial charge is 0.249 e. The van der Waals surface area contributed by atoms with Gasteiger partial charge in [0.15, 0.2) is 11.5 Å². The van der Waals surface area contributed by atoms with Gasteiger partial charge in [0.25, 0.3) is 0 Å². The quantitative estimate of drug-likeness (QED) is 0.119. The van der Waals surface area contributed by atoms with E-state index in [4.69, 9.17) is 32.7 Å². The lowest BCUT2D eigenvalue weighted by molar-refractivity contribution is -0.126. The molecule has 0 aromatic heterocycles. The molecule has 0 radical (unpaired) electrons. The minimum absolute atomic E-state index is 0.218. The fourth-order valence-electron chi connectivity index (χ4n) is 2.96. The number of benzene rings is 3. The molecule has 2 amide bonds. The molecule has 0 aliphatic rings. The summed E-state index contributed by atoms with van der Waals surface area (Å²) in [6, 6.07) is 13.9. The number of ether oxygens (including phenoxy) is 2. The standard InChI is InChI=1S/C25H21Cl2FIN3O4/c1-2-35-22-10-15(9-21(29)25(22)36-14-16-3-4-17(26)11-20(16)27)13-30-32-24(34)12-23(33)31-19-7-5-18(28)6-8-19/h3-11,13H,2,12,14H2,1H3,(H,31,33)(H,32,34). The maximum absolute atomic E-state index is 12.9. The molecule has 188 valence electrons. The molecule has 36 heavy (non-hydrogen) atoms. The van der Waals surface area contributed by atoms with Gasteiger partial charge < -0.3 is 14.8 Å². The van der Waals surface area contributed by atoms with E-state index >= 15 is 0 Å². The molecule has 0 unspecified atom stereocenters. The van der Waals surface area contributed by atoms with Crippen LogP contribution in [0.25, 0.3) is 0 Å². The van der Waals surface area contributed by atoms with Crippen molar-refractivity contribution in [1.29, 1.82) is 0 Å². The summed E-state index contributed by atoms with van der Waals surface area (Å²) in [6.45, 7) is 2.48. The Morgan fingerprint density at radius 3 is 2.50 bits per heavy atom. The number of carbonyl (C=O) groups is 2. The van der Waals surface area contributed by atoms with Crippen LogP contribution in [0, 0.1) is 9.39 Å². The third kappa shape index (κ3) is 8.35. The summed E-state index contributed by atoms with van der Waals surface area (Å²) < 4.78 is 25.4. The molecule has 0 heterocycles. The third-order valence-corrected chi connectivity index (χ3v) is 5.96. The van der Waals surface area contributed by atoms with E-state index in [0.717, 1.165) is 9.13 Å². The molecule has 3 rings (SSSR count). The summed E-state index contributed by atoms with van der Waals surface area (Å²) in [5.41, 5.74) is 4.12. The molecule has 0 saturated heterocycles.